The standard InChI is InChI=1S/C24H22N2O3/c27-24(22-15-18-10-4-5-12-21(18)29-22)26-13-7-6-11-20(26)23-25-16-19(28-23)14-17-8-2-1-3-9-17/h1-5,8-10,12,15-16,20H,6-7,11,13-14H2. The molecule has 5 rings (SSSR count). The maximum Gasteiger partial charge on any atom is 0.290 e. The predicted molar refractivity (Wildman–Crippen MR) is 110 cm³/mol. The van der Waals surface area contributed by atoms with E-state index in [2.05, 4.69) is 17.1 Å². The van der Waals surface area contributed by atoms with Crippen molar-refractivity contribution in [1.29, 1.82) is 0 Å². The average Bonchev–Trinajstić information content (AvgIpc) is 3.41. The highest BCUT2D eigenvalue weighted by atomic mass is 16.4. The Morgan fingerprint density at radius 2 is 1.86 bits per heavy atom. The average molecular weight is 386 g/mol. The van der Waals surface area contributed by atoms with Crippen LogP contribution < -0.4 is 0 Å². The van der Waals surface area contributed by atoms with Gasteiger partial charge >= 0.3 is 0 Å². The molecule has 1 aliphatic heterocycles. The van der Waals surface area contributed by atoms with Crippen LogP contribution in [0.15, 0.2) is 75.7 Å². The van der Waals surface area contributed by atoms with Crippen molar-refractivity contribution in [3.8, 4) is 0 Å². The Kier molecular flexibility index (Phi) is 4.64. The zero-order chi connectivity index (χ0) is 19.6. The highest BCUT2D eigenvalue weighted by molar-refractivity contribution is 5.96. The van der Waals surface area contributed by atoms with Gasteiger partial charge in [-0.15, -0.1) is 0 Å². The Bertz CT molecular complexity index is 1100. The number of carbonyl (C=O) groups is 1. The van der Waals surface area contributed by atoms with Gasteiger partial charge in [-0.1, -0.05) is 48.5 Å². The number of amides is 1. The van der Waals surface area contributed by atoms with Crippen LogP contribution in [0.3, 0.4) is 0 Å². The Hall–Kier alpha value is -3.34. The Morgan fingerprint density at radius 1 is 1.03 bits per heavy atom. The van der Waals surface area contributed by atoms with Crippen LogP contribution in [0.4, 0.5) is 0 Å². The van der Waals surface area contributed by atoms with Gasteiger partial charge in [0.1, 0.15) is 17.4 Å². The highest BCUT2D eigenvalue weighted by Gasteiger charge is 2.33. The normalized spacial score (nSPS) is 17.0. The fourth-order valence-electron chi connectivity index (χ4n) is 4.02. The van der Waals surface area contributed by atoms with E-state index in [0.29, 0.717) is 24.6 Å². The molecule has 146 valence electrons. The van der Waals surface area contributed by atoms with Crippen LogP contribution in [0.5, 0.6) is 0 Å². The van der Waals surface area contributed by atoms with Crippen LogP contribution in [0.1, 0.15) is 53.1 Å². The Balaban J connectivity index is 1.39. The highest BCUT2D eigenvalue weighted by Crippen LogP contribution is 2.33. The second kappa shape index (κ2) is 7.59. The summed E-state index contributed by atoms with van der Waals surface area (Å²) in [6.07, 6.45) is 5.33. The molecule has 0 N–H and O–H groups in total. The number of carbonyl (C=O) groups excluding carboxylic acids is 1. The number of rotatable bonds is 4. The molecule has 1 atom stereocenters. The first-order chi connectivity index (χ1) is 14.3. The third kappa shape index (κ3) is 3.56. The van der Waals surface area contributed by atoms with E-state index in [1.165, 1.54) is 5.56 Å². The number of benzene rings is 2. The van der Waals surface area contributed by atoms with E-state index in [1.807, 2.05) is 53.4 Å². The number of hydrogen-bond donors (Lipinski definition) is 0. The molecule has 0 bridgehead atoms. The molecule has 2 aromatic heterocycles. The number of piperidine rings is 1. The van der Waals surface area contributed by atoms with Crippen molar-refractivity contribution in [2.75, 3.05) is 6.54 Å². The number of oxazole rings is 1. The van der Waals surface area contributed by atoms with Gasteiger partial charge in [0, 0.05) is 18.4 Å². The summed E-state index contributed by atoms with van der Waals surface area (Å²) in [5.41, 5.74) is 1.90. The summed E-state index contributed by atoms with van der Waals surface area (Å²) in [7, 11) is 0. The molecule has 0 spiro atoms. The fourth-order valence-corrected chi connectivity index (χ4v) is 4.02. The lowest BCUT2D eigenvalue weighted by Gasteiger charge is -2.33. The van der Waals surface area contributed by atoms with Gasteiger partial charge in [-0.2, -0.15) is 0 Å². The van der Waals surface area contributed by atoms with Gasteiger partial charge in [0.2, 0.25) is 5.89 Å². The molecule has 1 fully saturated rings. The number of fused-ring (bicyclic) bond motifs is 1. The van der Waals surface area contributed by atoms with Crippen molar-refractivity contribution in [2.45, 2.75) is 31.7 Å². The summed E-state index contributed by atoms with van der Waals surface area (Å²) in [6.45, 7) is 0.678. The first kappa shape index (κ1) is 17.7. The third-order valence-corrected chi connectivity index (χ3v) is 5.48. The molecule has 3 heterocycles. The van der Waals surface area contributed by atoms with Gasteiger partial charge in [0.15, 0.2) is 5.76 Å². The summed E-state index contributed by atoms with van der Waals surface area (Å²) in [5, 5.41) is 0.936. The van der Waals surface area contributed by atoms with Crippen LogP contribution >= 0.6 is 0 Å². The number of nitrogens with zero attached hydrogens (tertiary/aromatic N) is 2. The predicted octanol–water partition coefficient (Wildman–Crippen LogP) is 5.38. The maximum atomic E-state index is 13.2. The molecule has 5 nitrogen and oxygen atoms in total. The van der Waals surface area contributed by atoms with E-state index in [9.17, 15) is 4.79 Å². The number of para-hydroxylation sites is 1. The zero-order valence-electron chi connectivity index (χ0n) is 16.1. The zero-order valence-corrected chi connectivity index (χ0v) is 16.1. The Morgan fingerprint density at radius 3 is 2.72 bits per heavy atom. The first-order valence-electron chi connectivity index (χ1n) is 10.1. The van der Waals surface area contributed by atoms with E-state index in [0.717, 1.165) is 36.0 Å². The molecule has 1 saturated heterocycles. The lowest BCUT2D eigenvalue weighted by molar-refractivity contribution is 0.0540. The first-order valence-corrected chi connectivity index (χ1v) is 10.1. The molecule has 5 heteroatoms. The molecular formula is C24H22N2O3. The lowest BCUT2D eigenvalue weighted by atomic mass is 10.0. The van der Waals surface area contributed by atoms with Crippen LogP contribution in [-0.2, 0) is 6.42 Å². The van der Waals surface area contributed by atoms with Crippen molar-refractivity contribution >= 4 is 16.9 Å². The van der Waals surface area contributed by atoms with Crippen molar-refractivity contribution < 1.29 is 13.6 Å². The van der Waals surface area contributed by atoms with Gasteiger partial charge < -0.3 is 13.7 Å². The van der Waals surface area contributed by atoms with Crippen LogP contribution in [0, 0.1) is 0 Å². The van der Waals surface area contributed by atoms with E-state index >= 15 is 0 Å². The van der Waals surface area contributed by atoms with Gasteiger partial charge in [0.25, 0.3) is 5.91 Å². The lowest BCUT2D eigenvalue weighted by Crippen LogP contribution is -2.38. The van der Waals surface area contributed by atoms with E-state index in [-0.39, 0.29) is 11.9 Å². The molecule has 0 radical (unpaired) electrons. The summed E-state index contributed by atoms with van der Waals surface area (Å²) in [5.74, 6) is 1.69. The molecule has 1 amide bonds. The molecule has 2 aromatic carbocycles. The summed E-state index contributed by atoms with van der Waals surface area (Å²) < 4.78 is 11.9. The van der Waals surface area contributed by atoms with Crippen molar-refractivity contribution in [1.82, 2.24) is 9.88 Å². The molecule has 1 aliphatic rings. The molecule has 0 aliphatic carbocycles. The van der Waals surface area contributed by atoms with Crippen LogP contribution in [0.25, 0.3) is 11.0 Å². The third-order valence-electron chi connectivity index (χ3n) is 5.48. The number of furan rings is 1. The van der Waals surface area contributed by atoms with Gasteiger partial charge in [-0.05, 0) is 37.0 Å². The Labute approximate surface area is 169 Å². The fraction of sp³-hybridized carbons (Fsp3) is 0.250. The molecule has 4 aromatic rings. The van der Waals surface area contributed by atoms with Crippen molar-refractivity contribution in [3.63, 3.8) is 0 Å². The minimum absolute atomic E-state index is 0.103. The summed E-state index contributed by atoms with van der Waals surface area (Å²) in [6, 6.07) is 19.5. The minimum Gasteiger partial charge on any atom is -0.451 e. The SMILES string of the molecule is O=C(c1cc2ccccc2o1)N1CCCCC1c1ncc(Cc2ccccc2)o1. The van der Waals surface area contributed by atoms with E-state index < -0.39 is 0 Å². The van der Waals surface area contributed by atoms with Gasteiger partial charge in [0.05, 0.1) is 6.20 Å². The number of likely N-dealkylation sites (tertiary alicyclic amines) is 1. The molecule has 1 unspecified atom stereocenters. The molecule has 0 saturated carbocycles. The van der Waals surface area contributed by atoms with Crippen LogP contribution in [-0.4, -0.2) is 22.3 Å². The van der Waals surface area contributed by atoms with Crippen molar-refractivity contribution in [3.05, 3.63) is 89.8 Å². The monoisotopic (exact) mass is 386 g/mol. The van der Waals surface area contributed by atoms with Crippen molar-refractivity contribution in [2.24, 2.45) is 0 Å². The largest absolute Gasteiger partial charge is 0.451 e. The number of aromatic nitrogens is 1. The smallest absolute Gasteiger partial charge is 0.290 e. The van der Waals surface area contributed by atoms with Crippen LogP contribution in [0.2, 0.25) is 0 Å². The van der Waals surface area contributed by atoms with Gasteiger partial charge in [-0.3, -0.25) is 4.79 Å². The van der Waals surface area contributed by atoms with E-state index in [1.54, 1.807) is 6.20 Å². The molecule has 29 heavy (non-hydrogen) atoms. The van der Waals surface area contributed by atoms with Gasteiger partial charge in [-0.25, -0.2) is 4.98 Å². The maximum absolute atomic E-state index is 13.2. The second-order valence-corrected chi connectivity index (χ2v) is 7.49. The second-order valence-electron chi connectivity index (χ2n) is 7.49. The quantitative estimate of drug-likeness (QED) is 0.472. The summed E-state index contributed by atoms with van der Waals surface area (Å²) >= 11 is 0. The summed E-state index contributed by atoms with van der Waals surface area (Å²) in [4.78, 5) is 19.6. The topological polar surface area (TPSA) is 59.5 Å². The molecular weight excluding hydrogens is 364 g/mol. The van der Waals surface area contributed by atoms with E-state index in [4.69, 9.17) is 8.83 Å². The minimum atomic E-state index is -0.158. The number of hydrogen-bond acceptors (Lipinski definition) is 4.